The zero-order valence-electron chi connectivity index (χ0n) is 20.2. The molecule has 7 heteroatoms. The summed E-state index contributed by atoms with van der Waals surface area (Å²) in [6.45, 7) is 3.98. The monoisotopic (exact) mass is 500 g/mol. The van der Waals surface area contributed by atoms with Crippen molar-refractivity contribution in [1.29, 1.82) is 0 Å². The lowest BCUT2D eigenvalue weighted by molar-refractivity contribution is 0.415. The summed E-state index contributed by atoms with van der Waals surface area (Å²) < 4.78 is 32.3. The summed E-state index contributed by atoms with van der Waals surface area (Å²) in [6.07, 6.45) is 5.46. The van der Waals surface area contributed by atoms with E-state index in [1.807, 2.05) is 55.5 Å². The topological polar surface area (TPSA) is 57.4 Å². The molecule has 2 aromatic heterocycles. The minimum Gasteiger partial charge on any atom is -0.497 e. The van der Waals surface area contributed by atoms with Crippen molar-refractivity contribution in [3.63, 3.8) is 0 Å². The second-order valence-corrected chi connectivity index (χ2v) is 9.42. The average molecular weight is 501 g/mol. The zero-order valence-corrected chi connectivity index (χ0v) is 21.1. The van der Waals surface area contributed by atoms with Crippen LogP contribution < -0.4 is 9.47 Å². The van der Waals surface area contributed by atoms with Crippen LogP contribution in [0.15, 0.2) is 65.1 Å². The van der Waals surface area contributed by atoms with Crippen molar-refractivity contribution in [2.24, 2.45) is 0 Å². The molecule has 182 valence electrons. The molecule has 0 aliphatic rings. The maximum absolute atomic E-state index is 13.8. The van der Waals surface area contributed by atoms with Crippen LogP contribution in [0.4, 0.5) is 4.39 Å². The first-order chi connectivity index (χ1) is 17.5. The number of aryl methyl sites for hydroxylation is 2. The van der Waals surface area contributed by atoms with Gasteiger partial charge in [-0.2, -0.15) is 0 Å². The molecule has 0 fully saturated rings. The van der Waals surface area contributed by atoms with E-state index in [0.29, 0.717) is 17.5 Å². The van der Waals surface area contributed by atoms with Crippen molar-refractivity contribution in [3.8, 4) is 27.7 Å². The van der Waals surface area contributed by atoms with Crippen molar-refractivity contribution in [3.05, 3.63) is 89.4 Å². The molecule has 5 rings (SSSR count). The number of aromatic nitrogens is 2. The Balaban J connectivity index is 1.45. The SMILES string of the molecule is CCCc1nnc(/C=C/c2ccc(Oc3c(-c4ccc(F)cc4C)sc4cc(OC)ccc34)cc2)o1. The molecule has 0 saturated carbocycles. The molecule has 0 atom stereocenters. The van der Waals surface area contributed by atoms with Crippen LogP contribution in [0.1, 0.15) is 36.3 Å². The Hall–Kier alpha value is -3.97. The summed E-state index contributed by atoms with van der Waals surface area (Å²) >= 11 is 1.60. The number of hydrogen-bond donors (Lipinski definition) is 0. The predicted molar refractivity (Wildman–Crippen MR) is 142 cm³/mol. The summed E-state index contributed by atoms with van der Waals surface area (Å²) in [4.78, 5) is 0.944. The molecule has 0 amide bonds. The van der Waals surface area contributed by atoms with Gasteiger partial charge < -0.3 is 13.9 Å². The Bertz CT molecular complexity index is 1540. The van der Waals surface area contributed by atoms with Crippen LogP contribution in [-0.4, -0.2) is 17.3 Å². The highest BCUT2D eigenvalue weighted by molar-refractivity contribution is 7.22. The Morgan fingerprint density at radius 2 is 1.78 bits per heavy atom. The van der Waals surface area contributed by atoms with E-state index in [1.165, 1.54) is 6.07 Å². The van der Waals surface area contributed by atoms with Crippen molar-refractivity contribution >= 4 is 33.6 Å². The fraction of sp³-hybridized carbons (Fsp3) is 0.172. The lowest BCUT2D eigenvalue weighted by atomic mass is 10.1. The number of rotatable bonds is 8. The van der Waals surface area contributed by atoms with E-state index >= 15 is 0 Å². The van der Waals surface area contributed by atoms with Crippen LogP contribution >= 0.6 is 11.3 Å². The van der Waals surface area contributed by atoms with Gasteiger partial charge in [0.25, 0.3) is 0 Å². The van der Waals surface area contributed by atoms with E-state index < -0.39 is 0 Å². The van der Waals surface area contributed by atoms with Crippen LogP contribution in [0.5, 0.6) is 17.2 Å². The quantitative estimate of drug-likeness (QED) is 0.214. The third kappa shape index (κ3) is 5.02. The van der Waals surface area contributed by atoms with Crippen molar-refractivity contribution < 1.29 is 18.3 Å². The molecule has 0 radical (unpaired) electrons. The lowest BCUT2D eigenvalue weighted by Gasteiger charge is -2.10. The summed E-state index contributed by atoms with van der Waals surface area (Å²) in [5, 5.41) is 9.06. The Kier molecular flexibility index (Phi) is 6.82. The summed E-state index contributed by atoms with van der Waals surface area (Å²) in [6, 6.07) is 18.5. The zero-order chi connectivity index (χ0) is 25.1. The van der Waals surface area contributed by atoms with E-state index in [9.17, 15) is 4.39 Å². The highest BCUT2D eigenvalue weighted by Crippen LogP contribution is 2.48. The number of halogens is 1. The number of methoxy groups -OCH3 is 1. The molecule has 0 bridgehead atoms. The van der Waals surface area contributed by atoms with E-state index in [2.05, 4.69) is 17.1 Å². The summed E-state index contributed by atoms with van der Waals surface area (Å²) in [5.74, 6) is 3.09. The largest absolute Gasteiger partial charge is 0.497 e. The maximum Gasteiger partial charge on any atom is 0.240 e. The molecule has 0 unspecified atom stereocenters. The average Bonchev–Trinajstić information content (AvgIpc) is 3.48. The second kappa shape index (κ2) is 10.3. The van der Waals surface area contributed by atoms with Gasteiger partial charge in [0.05, 0.1) is 12.0 Å². The van der Waals surface area contributed by atoms with Gasteiger partial charge in [-0.1, -0.05) is 25.1 Å². The molecule has 5 aromatic rings. The number of ether oxygens (including phenoxy) is 2. The number of thiophene rings is 1. The van der Waals surface area contributed by atoms with Gasteiger partial charge in [-0.05, 0) is 78.6 Å². The first kappa shape index (κ1) is 23.8. The van der Waals surface area contributed by atoms with Gasteiger partial charge in [0, 0.05) is 22.6 Å². The van der Waals surface area contributed by atoms with Crippen LogP contribution in [0.25, 0.3) is 32.7 Å². The third-order valence-electron chi connectivity index (χ3n) is 5.75. The molecule has 3 aromatic carbocycles. The molecule has 2 heterocycles. The highest BCUT2D eigenvalue weighted by atomic mass is 32.1. The van der Waals surface area contributed by atoms with E-state index in [-0.39, 0.29) is 5.82 Å². The Morgan fingerprint density at radius 1 is 0.972 bits per heavy atom. The number of benzene rings is 3. The van der Waals surface area contributed by atoms with Crippen LogP contribution in [0.2, 0.25) is 0 Å². The smallest absolute Gasteiger partial charge is 0.240 e. The molecule has 5 nitrogen and oxygen atoms in total. The normalized spacial score (nSPS) is 11.4. The fourth-order valence-corrected chi connectivity index (χ4v) is 5.17. The molecule has 36 heavy (non-hydrogen) atoms. The van der Waals surface area contributed by atoms with E-state index in [0.717, 1.165) is 56.0 Å². The van der Waals surface area contributed by atoms with Crippen LogP contribution in [0, 0.1) is 12.7 Å². The molecule has 0 saturated heterocycles. The summed E-state index contributed by atoms with van der Waals surface area (Å²) in [5.41, 5.74) is 2.77. The van der Waals surface area contributed by atoms with E-state index in [4.69, 9.17) is 13.9 Å². The number of hydrogen-bond acceptors (Lipinski definition) is 6. The van der Waals surface area contributed by atoms with Gasteiger partial charge in [-0.25, -0.2) is 4.39 Å². The van der Waals surface area contributed by atoms with Gasteiger partial charge in [0.15, 0.2) is 5.75 Å². The first-order valence-electron chi connectivity index (χ1n) is 11.7. The number of fused-ring (bicyclic) bond motifs is 1. The van der Waals surface area contributed by atoms with E-state index in [1.54, 1.807) is 36.7 Å². The minimum absolute atomic E-state index is 0.257. The highest BCUT2D eigenvalue weighted by Gasteiger charge is 2.19. The molecule has 0 aliphatic carbocycles. The number of nitrogens with zero attached hydrogens (tertiary/aromatic N) is 2. The van der Waals surface area contributed by atoms with Crippen molar-refractivity contribution in [1.82, 2.24) is 10.2 Å². The summed E-state index contributed by atoms with van der Waals surface area (Å²) in [7, 11) is 1.65. The maximum atomic E-state index is 13.8. The third-order valence-corrected chi connectivity index (χ3v) is 6.92. The molecular weight excluding hydrogens is 475 g/mol. The minimum atomic E-state index is -0.257. The fourth-order valence-electron chi connectivity index (χ4n) is 3.92. The van der Waals surface area contributed by atoms with Gasteiger partial charge >= 0.3 is 0 Å². The van der Waals surface area contributed by atoms with Gasteiger partial charge in [0.2, 0.25) is 11.8 Å². The second-order valence-electron chi connectivity index (χ2n) is 8.37. The van der Waals surface area contributed by atoms with Crippen LogP contribution in [-0.2, 0) is 6.42 Å². The Morgan fingerprint density at radius 3 is 2.53 bits per heavy atom. The van der Waals surface area contributed by atoms with Gasteiger partial charge in [0.1, 0.15) is 17.3 Å². The van der Waals surface area contributed by atoms with Gasteiger partial charge in [-0.3, -0.25) is 0 Å². The first-order valence-corrected chi connectivity index (χ1v) is 12.5. The Labute approximate surface area is 212 Å². The molecule has 0 aliphatic heterocycles. The molecule has 0 N–H and O–H groups in total. The van der Waals surface area contributed by atoms with Crippen LogP contribution in [0.3, 0.4) is 0 Å². The molecule has 0 spiro atoms. The molecular formula is C29H25FN2O3S. The van der Waals surface area contributed by atoms with Gasteiger partial charge in [-0.15, -0.1) is 21.5 Å². The lowest BCUT2D eigenvalue weighted by Crippen LogP contribution is -1.88. The van der Waals surface area contributed by atoms with Crippen molar-refractivity contribution in [2.45, 2.75) is 26.7 Å². The standard InChI is InChI=1S/C29H25FN2O3S/c1-4-5-26-31-32-27(35-26)15-8-19-6-10-21(11-7-19)34-28-24-14-12-22(33-3)17-25(24)36-29(28)23-13-9-20(30)16-18(23)2/h6-17H,4-5H2,1-3H3/b15-8+. The van der Waals surface area contributed by atoms with Crippen molar-refractivity contribution in [2.75, 3.05) is 7.11 Å². The predicted octanol–water partition coefficient (Wildman–Crippen LogP) is 8.32.